The molecule has 8 nitrogen and oxygen atoms in total. The average Bonchev–Trinajstić information content (AvgIpc) is 3.09. The molecule has 0 unspecified atom stereocenters. The number of carboxylic acid groups (broad SMARTS) is 2. The summed E-state index contributed by atoms with van der Waals surface area (Å²) in [5.74, 6) is -3.21. The zero-order valence-corrected chi connectivity index (χ0v) is 21.5. The van der Waals surface area contributed by atoms with Gasteiger partial charge in [0.15, 0.2) is 0 Å². The Morgan fingerprint density at radius 3 is 2.37 bits per heavy atom. The van der Waals surface area contributed by atoms with Crippen LogP contribution < -0.4 is 80.0 Å². The largest absolute Gasteiger partial charge is 1.00 e. The van der Waals surface area contributed by atoms with Crippen molar-refractivity contribution in [3.63, 3.8) is 0 Å². The van der Waals surface area contributed by atoms with E-state index in [0.717, 1.165) is 35.7 Å². The average molecular weight is 431 g/mol. The van der Waals surface area contributed by atoms with Crippen molar-refractivity contribution < 1.29 is 83.7 Å². The zero-order chi connectivity index (χ0) is 20.1. The van der Waals surface area contributed by atoms with Gasteiger partial charge in [-0.15, -0.1) is 0 Å². The number of carbonyl (C=O) groups is 3. The van der Waals surface area contributed by atoms with Crippen molar-refractivity contribution in [2.24, 2.45) is 0 Å². The number of carbonyl (C=O) groups excluding carboxylic acids is 3. The van der Waals surface area contributed by atoms with Gasteiger partial charge in [-0.25, -0.2) is 0 Å². The summed E-state index contributed by atoms with van der Waals surface area (Å²) in [4.78, 5) is 38.4. The van der Waals surface area contributed by atoms with Gasteiger partial charge in [-0.2, -0.15) is 0 Å². The second-order valence-electron chi connectivity index (χ2n) is 7.28. The van der Waals surface area contributed by atoms with E-state index >= 15 is 0 Å². The maximum Gasteiger partial charge on any atom is 1.00 e. The molecule has 3 N–H and O–H groups in total. The molecule has 1 saturated carbocycles. The molecule has 1 fully saturated rings. The maximum atomic E-state index is 12.7. The van der Waals surface area contributed by atoms with E-state index < -0.39 is 36.0 Å². The van der Waals surface area contributed by atoms with Crippen molar-refractivity contribution in [1.29, 1.82) is 0 Å². The Balaban J connectivity index is 0.00000225. The number of carboxylic acids is 2. The second-order valence-corrected chi connectivity index (χ2v) is 7.28. The van der Waals surface area contributed by atoms with Crippen molar-refractivity contribution in [2.45, 2.75) is 50.1 Å². The Morgan fingerprint density at radius 2 is 1.73 bits per heavy atom. The molecule has 0 aliphatic heterocycles. The third kappa shape index (κ3) is 6.56. The minimum atomic E-state index is -1.39. The van der Waals surface area contributed by atoms with Crippen molar-refractivity contribution in [3.05, 3.63) is 36.0 Å². The molecule has 3 rings (SSSR count). The van der Waals surface area contributed by atoms with Crippen LogP contribution in [0.1, 0.15) is 37.7 Å². The molecule has 0 bridgehead atoms. The van der Waals surface area contributed by atoms with Gasteiger partial charge in [0.1, 0.15) is 0 Å². The van der Waals surface area contributed by atoms with Crippen LogP contribution in [0.3, 0.4) is 0 Å². The van der Waals surface area contributed by atoms with E-state index in [1.54, 1.807) is 6.20 Å². The molecule has 1 aromatic carbocycles. The Bertz CT molecular complexity index is 880. The first-order chi connectivity index (χ1) is 13.4. The molecule has 1 amide bonds. The van der Waals surface area contributed by atoms with E-state index in [4.69, 9.17) is 0 Å². The SMILES string of the molecule is O=C([O-])CNC(=O)C1(N[C@@H](Cc2c[nH]c3ccccc23)C(=O)[O-])CCCCC1.[Na+].[Na+]. The van der Waals surface area contributed by atoms with E-state index in [2.05, 4.69) is 15.6 Å². The number of H-pyrrole nitrogens is 1. The fraction of sp³-hybridized carbons (Fsp3) is 0.450. The summed E-state index contributed by atoms with van der Waals surface area (Å²) in [7, 11) is 0. The summed E-state index contributed by atoms with van der Waals surface area (Å²) in [6.07, 6.45) is 5.20. The van der Waals surface area contributed by atoms with Gasteiger partial charge in [0.25, 0.3) is 0 Å². The first-order valence-electron chi connectivity index (χ1n) is 9.43. The van der Waals surface area contributed by atoms with E-state index in [-0.39, 0.29) is 65.5 Å². The number of amides is 1. The van der Waals surface area contributed by atoms with Crippen LogP contribution in [0.2, 0.25) is 0 Å². The van der Waals surface area contributed by atoms with Gasteiger partial charge >= 0.3 is 59.1 Å². The van der Waals surface area contributed by atoms with Crippen LogP contribution in [-0.2, 0) is 20.8 Å². The number of rotatable bonds is 8. The van der Waals surface area contributed by atoms with Crippen LogP contribution >= 0.6 is 0 Å². The van der Waals surface area contributed by atoms with Crippen molar-refractivity contribution in [2.75, 3.05) is 6.54 Å². The fourth-order valence-electron chi connectivity index (χ4n) is 3.96. The second kappa shape index (κ2) is 12.2. The van der Waals surface area contributed by atoms with Gasteiger partial charge in [0.2, 0.25) is 5.91 Å². The molecule has 10 heteroatoms. The smallest absolute Gasteiger partial charge is 0.548 e. The molecule has 1 aliphatic rings. The van der Waals surface area contributed by atoms with E-state index in [0.29, 0.717) is 12.8 Å². The topological polar surface area (TPSA) is 137 Å². The van der Waals surface area contributed by atoms with Crippen LogP contribution in [0, 0.1) is 0 Å². The Kier molecular flexibility index (Phi) is 11.1. The van der Waals surface area contributed by atoms with Gasteiger partial charge < -0.3 is 30.1 Å². The number of aromatic amines is 1. The third-order valence-electron chi connectivity index (χ3n) is 5.37. The quantitative estimate of drug-likeness (QED) is 0.355. The number of hydrogen-bond acceptors (Lipinski definition) is 6. The van der Waals surface area contributed by atoms with Crippen LogP contribution in [-0.4, -0.2) is 41.0 Å². The molecule has 30 heavy (non-hydrogen) atoms. The molecule has 1 heterocycles. The van der Waals surface area contributed by atoms with Gasteiger partial charge in [-0.3, -0.25) is 10.1 Å². The molecule has 0 saturated heterocycles. The molecular formula is C20H23N3Na2O5. The number of aliphatic carboxylic acids is 2. The molecular weight excluding hydrogens is 408 g/mol. The molecule has 0 spiro atoms. The van der Waals surface area contributed by atoms with Crippen LogP contribution in [0.15, 0.2) is 30.5 Å². The number of benzene rings is 1. The Hall–Kier alpha value is -0.870. The summed E-state index contributed by atoms with van der Waals surface area (Å²) in [6, 6.07) is 6.46. The molecule has 2 aromatic rings. The minimum absolute atomic E-state index is 0. The summed E-state index contributed by atoms with van der Waals surface area (Å²) in [5.41, 5.74) is 0.567. The maximum absolute atomic E-state index is 12.7. The normalized spacial score (nSPS) is 16.0. The number of para-hydroxylation sites is 1. The molecule has 1 aliphatic carbocycles. The fourth-order valence-corrected chi connectivity index (χ4v) is 3.96. The third-order valence-corrected chi connectivity index (χ3v) is 5.37. The minimum Gasteiger partial charge on any atom is -0.548 e. The van der Waals surface area contributed by atoms with Crippen molar-refractivity contribution >= 4 is 28.7 Å². The van der Waals surface area contributed by atoms with Crippen molar-refractivity contribution in [3.8, 4) is 0 Å². The predicted octanol–water partition coefficient (Wildman–Crippen LogP) is -7.00. The summed E-state index contributed by atoms with van der Waals surface area (Å²) >= 11 is 0. The number of hydrogen-bond donors (Lipinski definition) is 3. The van der Waals surface area contributed by atoms with Crippen molar-refractivity contribution in [1.82, 2.24) is 15.6 Å². The monoisotopic (exact) mass is 431 g/mol. The van der Waals surface area contributed by atoms with Gasteiger partial charge in [0, 0.05) is 17.1 Å². The first kappa shape index (κ1) is 27.2. The first-order valence-corrected chi connectivity index (χ1v) is 9.43. The summed E-state index contributed by atoms with van der Waals surface area (Å²) in [6.45, 7) is -0.610. The van der Waals surface area contributed by atoms with E-state index in [1.165, 1.54) is 0 Å². The zero-order valence-electron chi connectivity index (χ0n) is 17.5. The van der Waals surface area contributed by atoms with Gasteiger partial charge in [0.05, 0.1) is 30.1 Å². The van der Waals surface area contributed by atoms with Crippen LogP contribution in [0.5, 0.6) is 0 Å². The number of aromatic nitrogens is 1. The Morgan fingerprint density at radius 1 is 1.07 bits per heavy atom. The van der Waals surface area contributed by atoms with Crippen LogP contribution in [0.25, 0.3) is 10.9 Å². The molecule has 0 radical (unpaired) electrons. The number of fused-ring (bicyclic) bond motifs is 1. The summed E-state index contributed by atoms with van der Waals surface area (Å²) in [5, 5.41) is 28.8. The number of nitrogens with one attached hydrogen (secondary N) is 3. The van der Waals surface area contributed by atoms with E-state index in [9.17, 15) is 24.6 Å². The van der Waals surface area contributed by atoms with Gasteiger partial charge in [-0.05, 0) is 30.9 Å². The summed E-state index contributed by atoms with van der Waals surface area (Å²) < 4.78 is 0. The standard InChI is InChI=1S/C20H25N3O5.2Na/c24-17(25)12-22-19(28)20(8-4-1-5-9-20)23-16(18(26)27)10-13-11-21-15-7-3-2-6-14(13)15;;/h2-3,6-7,11,16,21,23H,1,4-5,8-10,12H2,(H,22,28)(H,24,25)(H,26,27);;/q;2*+1/p-2/t16-;;/m0../s1. The Labute approximate surface area is 219 Å². The molecule has 1 aromatic heterocycles. The predicted molar refractivity (Wildman–Crippen MR) is 97.8 cm³/mol. The molecule has 150 valence electrons. The van der Waals surface area contributed by atoms with Gasteiger partial charge in [-0.1, -0.05) is 37.5 Å². The van der Waals surface area contributed by atoms with E-state index in [1.807, 2.05) is 24.3 Å². The molecule has 1 atom stereocenters. The van der Waals surface area contributed by atoms with Crippen LogP contribution in [0.4, 0.5) is 0 Å².